The topological polar surface area (TPSA) is 122 Å². The van der Waals surface area contributed by atoms with E-state index >= 15 is 0 Å². The van der Waals surface area contributed by atoms with Crippen molar-refractivity contribution >= 4 is 11.5 Å². The lowest BCUT2D eigenvalue weighted by Crippen LogP contribution is -2.35. The number of ether oxygens (including phenoxy) is 1. The second-order valence-corrected chi connectivity index (χ2v) is 4.11. The number of H-pyrrole nitrogens is 1. The van der Waals surface area contributed by atoms with E-state index in [0.717, 1.165) is 0 Å². The molecule has 8 heteroatoms. The summed E-state index contributed by atoms with van der Waals surface area (Å²) in [4.78, 5) is 25.4. The third-order valence-corrected chi connectivity index (χ3v) is 2.74. The number of methoxy groups -OCH3 is 1. The van der Waals surface area contributed by atoms with Crippen LogP contribution in [-0.4, -0.2) is 41.0 Å². The summed E-state index contributed by atoms with van der Waals surface area (Å²) in [6.07, 6.45) is -0.0353. The Bertz CT molecular complexity index is 522. The maximum absolute atomic E-state index is 11.7. The standard InChI is InChI=1S/C11H20N4O4/c1-3-7(16)6-13-8-9(12)15(4-5-19-2)11(18)14-10(8)17/h7,13,16H,3-6,12H2,1-2H3,(H,14,17,18). The van der Waals surface area contributed by atoms with Gasteiger partial charge >= 0.3 is 5.69 Å². The zero-order chi connectivity index (χ0) is 14.4. The van der Waals surface area contributed by atoms with Gasteiger partial charge in [0.1, 0.15) is 11.5 Å². The maximum Gasteiger partial charge on any atom is 0.330 e. The largest absolute Gasteiger partial charge is 0.391 e. The van der Waals surface area contributed by atoms with E-state index in [4.69, 9.17) is 10.5 Å². The Morgan fingerprint density at radius 1 is 1.53 bits per heavy atom. The predicted molar refractivity (Wildman–Crippen MR) is 72.4 cm³/mol. The van der Waals surface area contributed by atoms with Crippen LogP contribution in [0.25, 0.3) is 0 Å². The van der Waals surface area contributed by atoms with E-state index in [0.29, 0.717) is 13.0 Å². The summed E-state index contributed by atoms with van der Waals surface area (Å²) in [5.74, 6) is 0.0362. The second kappa shape index (κ2) is 6.95. The van der Waals surface area contributed by atoms with Gasteiger partial charge < -0.3 is 20.9 Å². The summed E-state index contributed by atoms with van der Waals surface area (Å²) in [7, 11) is 1.50. The Labute approximate surface area is 110 Å². The Kier molecular flexibility index (Phi) is 5.58. The number of hydrogen-bond acceptors (Lipinski definition) is 6. The van der Waals surface area contributed by atoms with Crippen molar-refractivity contribution in [3.05, 3.63) is 20.8 Å². The molecule has 0 aromatic carbocycles. The smallest absolute Gasteiger partial charge is 0.330 e. The lowest BCUT2D eigenvalue weighted by Gasteiger charge is -2.15. The zero-order valence-electron chi connectivity index (χ0n) is 11.1. The van der Waals surface area contributed by atoms with Crippen molar-refractivity contribution in [1.82, 2.24) is 9.55 Å². The molecule has 0 radical (unpaired) electrons. The second-order valence-electron chi connectivity index (χ2n) is 4.11. The fraction of sp³-hybridized carbons (Fsp3) is 0.636. The van der Waals surface area contributed by atoms with E-state index in [2.05, 4.69) is 10.3 Å². The number of aliphatic hydroxyl groups excluding tert-OH is 1. The van der Waals surface area contributed by atoms with Gasteiger partial charge in [-0.25, -0.2) is 4.79 Å². The average Bonchev–Trinajstić information content (AvgIpc) is 2.37. The zero-order valence-corrected chi connectivity index (χ0v) is 11.1. The van der Waals surface area contributed by atoms with E-state index in [1.165, 1.54) is 11.7 Å². The van der Waals surface area contributed by atoms with Crippen LogP contribution >= 0.6 is 0 Å². The number of aliphatic hydroxyl groups is 1. The van der Waals surface area contributed by atoms with Gasteiger partial charge in [0.2, 0.25) is 0 Å². The Hall–Kier alpha value is -1.80. The highest BCUT2D eigenvalue weighted by molar-refractivity contribution is 5.60. The summed E-state index contributed by atoms with van der Waals surface area (Å²) >= 11 is 0. The van der Waals surface area contributed by atoms with Gasteiger partial charge in [0, 0.05) is 13.7 Å². The third kappa shape index (κ3) is 3.83. The van der Waals surface area contributed by atoms with E-state index in [1.54, 1.807) is 0 Å². The molecule has 108 valence electrons. The highest BCUT2D eigenvalue weighted by Crippen LogP contribution is 2.10. The van der Waals surface area contributed by atoms with Crippen LogP contribution in [0.3, 0.4) is 0 Å². The number of nitrogens with two attached hydrogens (primary N) is 1. The Morgan fingerprint density at radius 3 is 2.79 bits per heavy atom. The first kappa shape index (κ1) is 15.3. The molecule has 0 spiro atoms. The molecule has 0 saturated heterocycles. The molecule has 1 unspecified atom stereocenters. The summed E-state index contributed by atoms with van der Waals surface area (Å²) in [6, 6.07) is 0. The summed E-state index contributed by atoms with van der Waals surface area (Å²) < 4.78 is 6.09. The quantitative estimate of drug-likeness (QED) is 0.502. The number of nitrogens with one attached hydrogen (secondary N) is 2. The first-order chi connectivity index (χ1) is 9.01. The minimum absolute atomic E-state index is 0.0362. The van der Waals surface area contributed by atoms with Crippen LogP contribution < -0.4 is 22.3 Å². The molecule has 1 atom stereocenters. The molecule has 1 aromatic rings. The average molecular weight is 272 g/mol. The third-order valence-electron chi connectivity index (χ3n) is 2.74. The number of hydrogen-bond donors (Lipinski definition) is 4. The van der Waals surface area contributed by atoms with Gasteiger partial charge in [-0.2, -0.15) is 0 Å². The van der Waals surface area contributed by atoms with Crippen molar-refractivity contribution in [1.29, 1.82) is 0 Å². The van der Waals surface area contributed by atoms with Gasteiger partial charge in [-0.05, 0) is 6.42 Å². The molecule has 1 heterocycles. The van der Waals surface area contributed by atoms with E-state index in [9.17, 15) is 14.7 Å². The van der Waals surface area contributed by atoms with Crippen molar-refractivity contribution in [2.45, 2.75) is 26.0 Å². The Balaban J connectivity index is 3.03. The van der Waals surface area contributed by atoms with Crippen LogP contribution in [0.4, 0.5) is 11.5 Å². The first-order valence-corrected chi connectivity index (χ1v) is 6.04. The lowest BCUT2D eigenvalue weighted by molar-refractivity contribution is 0.183. The molecule has 19 heavy (non-hydrogen) atoms. The number of nitrogen functional groups attached to an aromatic ring is 1. The molecule has 0 aliphatic rings. The Morgan fingerprint density at radius 2 is 2.21 bits per heavy atom. The van der Waals surface area contributed by atoms with Gasteiger partial charge in [-0.1, -0.05) is 6.92 Å². The molecule has 0 saturated carbocycles. The fourth-order valence-electron chi connectivity index (χ4n) is 1.53. The maximum atomic E-state index is 11.7. The van der Waals surface area contributed by atoms with Gasteiger partial charge in [-0.3, -0.25) is 14.3 Å². The molecule has 8 nitrogen and oxygen atoms in total. The highest BCUT2D eigenvalue weighted by atomic mass is 16.5. The van der Waals surface area contributed by atoms with Crippen molar-refractivity contribution in [3.63, 3.8) is 0 Å². The van der Waals surface area contributed by atoms with Crippen molar-refractivity contribution in [2.75, 3.05) is 31.3 Å². The van der Waals surface area contributed by atoms with Crippen LogP contribution in [0.2, 0.25) is 0 Å². The number of aromatic amines is 1. The van der Waals surface area contributed by atoms with Gasteiger partial charge in [-0.15, -0.1) is 0 Å². The minimum Gasteiger partial charge on any atom is -0.391 e. The van der Waals surface area contributed by atoms with Crippen molar-refractivity contribution in [3.8, 4) is 0 Å². The van der Waals surface area contributed by atoms with Gasteiger partial charge in [0.25, 0.3) is 5.56 Å². The monoisotopic (exact) mass is 272 g/mol. The highest BCUT2D eigenvalue weighted by Gasteiger charge is 2.12. The molecule has 0 fully saturated rings. The minimum atomic E-state index is -0.598. The van der Waals surface area contributed by atoms with Crippen LogP contribution in [-0.2, 0) is 11.3 Å². The number of rotatable bonds is 7. The molecule has 0 bridgehead atoms. The van der Waals surface area contributed by atoms with Crippen LogP contribution in [0, 0.1) is 0 Å². The molecule has 0 aliphatic heterocycles. The van der Waals surface area contributed by atoms with E-state index in [1.807, 2.05) is 6.92 Å². The summed E-state index contributed by atoms with van der Waals surface area (Å²) in [5, 5.41) is 12.2. The predicted octanol–water partition coefficient (Wildman–Crippen LogP) is -1.05. The van der Waals surface area contributed by atoms with Crippen LogP contribution in [0.5, 0.6) is 0 Å². The summed E-state index contributed by atoms with van der Waals surface area (Å²) in [6.45, 7) is 2.54. The molecule has 1 aromatic heterocycles. The number of anilines is 2. The number of nitrogens with zero attached hydrogens (tertiary/aromatic N) is 1. The molecule has 0 aliphatic carbocycles. The van der Waals surface area contributed by atoms with E-state index in [-0.39, 0.29) is 24.6 Å². The molecule has 1 rings (SSSR count). The van der Waals surface area contributed by atoms with E-state index < -0.39 is 17.4 Å². The molecule has 5 N–H and O–H groups in total. The summed E-state index contributed by atoms with van der Waals surface area (Å²) in [5.41, 5.74) is 4.70. The van der Waals surface area contributed by atoms with Crippen LogP contribution in [0.1, 0.15) is 13.3 Å². The molecule has 0 amide bonds. The lowest BCUT2D eigenvalue weighted by atomic mass is 10.3. The molecular weight excluding hydrogens is 252 g/mol. The SMILES string of the molecule is CCC(O)CNc1c(N)n(CCOC)c(=O)[nH]c1=O. The normalized spacial score (nSPS) is 12.4. The van der Waals surface area contributed by atoms with Gasteiger partial charge in [0.15, 0.2) is 0 Å². The van der Waals surface area contributed by atoms with Crippen molar-refractivity contribution in [2.24, 2.45) is 0 Å². The van der Waals surface area contributed by atoms with Crippen molar-refractivity contribution < 1.29 is 9.84 Å². The van der Waals surface area contributed by atoms with Crippen LogP contribution in [0.15, 0.2) is 9.59 Å². The number of aromatic nitrogens is 2. The van der Waals surface area contributed by atoms with Gasteiger partial charge in [0.05, 0.1) is 19.3 Å². The fourth-order valence-corrected chi connectivity index (χ4v) is 1.53. The first-order valence-electron chi connectivity index (χ1n) is 6.04. The molecular formula is C11H20N4O4.